The topological polar surface area (TPSA) is 64.6 Å². The SMILES string of the molecule is COC(=O)c1ccc(C#CCCNC(=O)OCc2ccccc2)c(Br)c1. The first-order chi connectivity index (χ1) is 12.6. The molecule has 0 fully saturated rings. The number of benzene rings is 2. The number of carbonyl (C=O) groups excluding carboxylic acids is 2. The van der Waals surface area contributed by atoms with E-state index >= 15 is 0 Å². The Kier molecular flexibility index (Phi) is 7.72. The van der Waals surface area contributed by atoms with Gasteiger partial charge in [0.1, 0.15) is 6.61 Å². The Hall–Kier alpha value is -2.78. The molecule has 0 saturated carbocycles. The van der Waals surface area contributed by atoms with Gasteiger partial charge < -0.3 is 14.8 Å². The van der Waals surface area contributed by atoms with Gasteiger partial charge in [-0.1, -0.05) is 42.2 Å². The molecule has 2 aromatic rings. The van der Waals surface area contributed by atoms with Gasteiger partial charge in [-0.15, -0.1) is 0 Å². The summed E-state index contributed by atoms with van der Waals surface area (Å²) in [5, 5.41) is 2.65. The first kappa shape index (κ1) is 19.5. The molecular weight excluding hydrogens is 398 g/mol. The van der Waals surface area contributed by atoms with Gasteiger partial charge in [-0.2, -0.15) is 0 Å². The van der Waals surface area contributed by atoms with Crippen molar-refractivity contribution in [1.29, 1.82) is 0 Å². The van der Waals surface area contributed by atoms with Crippen LogP contribution in [0.15, 0.2) is 53.0 Å². The Morgan fingerprint density at radius 1 is 1.15 bits per heavy atom. The van der Waals surface area contributed by atoms with Crippen LogP contribution in [0.25, 0.3) is 0 Å². The number of nitrogens with one attached hydrogen (secondary N) is 1. The minimum Gasteiger partial charge on any atom is -0.465 e. The van der Waals surface area contributed by atoms with E-state index in [0.29, 0.717) is 23.0 Å². The Bertz CT molecular complexity index is 825. The molecule has 2 aromatic carbocycles. The third-order valence-electron chi connectivity index (χ3n) is 3.35. The number of alkyl carbamates (subject to hydrolysis) is 1. The third-order valence-corrected chi connectivity index (χ3v) is 4.00. The maximum atomic E-state index is 11.6. The van der Waals surface area contributed by atoms with Crippen LogP contribution >= 0.6 is 15.9 Å². The quantitative estimate of drug-likeness (QED) is 0.456. The number of halogens is 1. The van der Waals surface area contributed by atoms with Crippen molar-refractivity contribution in [2.45, 2.75) is 13.0 Å². The van der Waals surface area contributed by atoms with Crippen molar-refractivity contribution in [3.05, 3.63) is 69.7 Å². The number of carbonyl (C=O) groups is 2. The highest BCUT2D eigenvalue weighted by atomic mass is 79.9. The molecule has 0 bridgehead atoms. The Balaban J connectivity index is 1.75. The predicted molar refractivity (Wildman–Crippen MR) is 102 cm³/mol. The van der Waals surface area contributed by atoms with Crippen LogP contribution in [-0.4, -0.2) is 25.7 Å². The molecule has 0 atom stereocenters. The summed E-state index contributed by atoms with van der Waals surface area (Å²) in [4.78, 5) is 23.1. The van der Waals surface area contributed by atoms with Gasteiger partial charge in [0.2, 0.25) is 0 Å². The zero-order valence-electron chi connectivity index (χ0n) is 14.3. The molecule has 1 N–H and O–H groups in total. The minimum atomic E-state index is -0.473. The number of hydrogen-bond acceptors (Lipinski definition) is 4. The second-order valence-electron chi connectivity index (χ2n) is 5.23. The fourth-order valence-corrected chi connectivity index (χ4v) is 2.50. The summed E-state index contributed by atoms with van der Waals surface area (Å²) in [7, 11) is 1.34. The van der Waals surface area contributed by atoms with Crippen LogP contribution in [0.5, 0.6) is 0 Å². The van der Waals surface area contributed by atoms with Crippen molar-refractivity contribution in [3.8, 4) is 11.8 Å². The molecule has 5 nitrogen and oxygen atoms in total. The van der Waals surface area contributed by atoms with Crippen LogP contribution in [0, 0.1) is 11.8 Å². The number of hydrogen-bond donors (Lipinski definition) is 1. The average Bonchev–Trinajstić information content (AvgIpc) is 2.67. The minimum absolute atomic E-state index is 0.234. The van der Waals surface area contributed by atoms with Gasteiger partial charge in [0, 0.05) is 23.0 Å². The predicted octanol–water partition coefficient (Wildman–Crippen LogP) is 3.90. The summed E-state index contributed by atoms with van der Waals surface area (Å²) in [6, 6.07) is 14.5. The first-order valence-electron chi connectivity index (χ1n) is 7.91. The summed E-state index contributed by atoms with van der Waals surface area (Å²) in [5.41, 5.74) is 2.14. The van der Waals surface area contributed by atoms with Crippen molar-refractivity contribution in [2.75, 3.05) is 13.7 Å². The standard InChI is InChI=1S/C20H18BrNO4/c1-25-19(23)17-11-10-16(18(21)13-17)9-5-6-12-22-20(24)26-14-15-7-3-2-4-8-15/h2-4,7-8,10-11,13H,6,12,14H2,1H3,(H,22,24). The summed E-state index contributed by atoms with van der Waals surface area (Å²) >= 11 is 3.38. The van der Waals surface area contributed by atoms with Crippen molar-refractivity contribution >= 4 is 28.0 Å². The van der Waals surface area contributed by atoms with E-state index in [1.807, 2.05) is 30.3 Å². The molecule has 0 aliphatic carbocycles. The first-order valence-corrected chi connectivity index (χ1v) is 8.70. The highest BCUT2D eigenvalue weighted by molar-refractivity contribution is 9.10. The van der Waals surface area contributed by atoms with Crippen molar-refractivity contribution < 1.29 is 19.1 Å². The Morgan fingerprint density at radius 2 is 1.92 bits per heavy atom. The van der Waals surface area contributed by atoms with Gasteiger partial charge in [-0.3, -0.25) is 0 Å². The maximum absolute atomic E-state index is 11.6. The zero-order valence-corrected chi connectivity index (χ0v) is 15.8. The lowest BCUT2D eigenvalue weighted by Crippen LogP contribution is -2.24. The van der Waals surface area contributed by atoms with E-state index in [9.17, 15) is 9.59 Å². The molecule has 0 spiro atoms. The molecule has 0 aromatic heterocycles. The van der Waals surface area contributed by atoms with Crippen molar-refractivity contribution in [2.24, 2.45) is 0 Å². The fourth-order valence-electron chi connectivity index (χ4n) is 2.02. The van der Waals surface area contributed by atoms with E-state index in [2.05, 4.69) is 37.8 Å². The molecule has 134 valence electrons. The summed E-state index contributed by atoms with van der Waals surface area (Å²) in [6.45, 7) is 0.621. The van der Waals surface area contributed by atoms with Crippen LogP contribution in [0.3, 0.4) is 0 Å². The Morgan fingerprint density at radius 3 is 2.62 bits per heavy atom. The van der Waals surface area contributed by atoms with Crippen molar-refractivity contribution in [1.82, 2.24) is 5.32 Å². The summed E-state index contributed by atoms with van der Waals surface area (Å²) in [5.74, 6) is 5.56. The Labute approximate surface area is 160 Å². The number of esters is 1. The van der Waals surface area contributed by atoms with E-state index in [0.717, 1.165) is 11.1 Å². The van der Waals surface area contributed by atoms with Gasteiger partial charge in [0.05, 0.1) is 12.7 Å². The molecule has 0 aliphatic heterocycles. The summed E-state index contributed by atoms with van der Waals surface area (Å²) < 4.78 is 10.5. The van der Waals surface area contributed by atoms with E-state index in [4.69, 9.17) is 4.74 Å². The monoisotopic (exact) mass is 415 g/mol. The zero-order chi connectivity index (χ0) is 18.8. The normalized spacial score (nSPS) is 9.62. The molecular formula is C20H18BrNO4. The highest BCUT2D eigenvalue weighted by Crippen LogP contribution is 2.18. The van der Waals surface area contributed by atoms with Gasteiger partial charge in [-0.05, 0) is 39.7 Å². The number of rotatable bonds is 5. The van der Waals surface area contributed by atoms with Gasteiger partial charge in [-0.25, -0.2) is 9.59 Å². The largest absolute Gasteiger partial charge is 0.465 e. The smallest absolute Gasteiger partial charge is 0.407 e. The molecule has 0 radical (unpaired) electrons. The molecule has 6 heteroatoms. The maximum Gasteiger partial charge on any atom is 0.407 e. The number of ether oxygens (including phenoxy) is 2. The summed E-state index contributed by atoms with van der Waals surface area (Å²) in [6.07, 6.45) is 0.00490. The lowest BCUT2D eigenvalue weighted by molar-refractivity contribution is 0.0600. The lowest BCUT2D eigenvalue weighted by Gasteiger charge is -2.05. The van der Waals surface area contributed by atoms with Crippen LogP contribution in [0.2, 0.25) is 0 Å². The van der Waals surface area contributed by atoms with E-state index in [-0.39, 0.29) is 6.61 Å². The molecule has 0 aliphatic rings. The highest BCUT2D eigenvalue weighted by Gasteiger charge is 2.07. The van der Waals surface area contributed by atoms with Crippen LogP contribution in [0.1, 0.15) is 27.9 Å². The third kappa shape index (κ3) is 6.26. The fraction of sp³-hybridized carbons (Fsp3) is 0.200. The average molecular weight is 416 g/mol. The number of methoxy groups -OCH3 is 1. The molecule has 1 amide bonds. The van der Waals surface area contributed by atoms with E-state index < -0.39 is 12.1 Å². The molecule has 0 saturated heterocycles. The van der Waals surface area contributed by atoms with Crippen molar-refractivity contribution in [3.63, 3.8) is 0 Å². The van der Waals surface area contributed by atoms with Gasteiger partial charge in [0.25, 0.3) is 0 Å². The van der Waals surface area contributed by atoms with E-state index in [1.54, 1.807) is 18.2 Å². The van der Waals surface area contributed by atoms with Gasteiger partial charge >= 0.3 is 12.1 Å². The second-order valence-corrected chi connectivity index (χ2v) is 6.08. The van der Waals surface area contributed by atoms with Crippen LogP contribution < -0.4 is 5.32 Å². The molecule has 0 heterocycles. The van der Waals surface area contributed by atoms with E-state index in [1.165, 1.54) is 7.11 Å². The molecule has 26 heavy (non-hydrogen) atoms. The van der Waals surface area contributed by atoms with Crippen LogP contribution in [0.4, 0.5) is 4.79 Å². The molecule has 2 rings (SSSR count). The number of amides is 1. The molecule has 0 unspecified atom stereocenters. The van der Waals surface area contributed by atoms with Gasteiger partial charge in [0.15, 0.2) is 0 Å². The van der Waals surface area contributed by atoms with Crippen LogP contribution in [-0.2, 0) is 16.1 Å². The lowest BCUT2D eigenvalue weighted by atomic mass is 10.1. The second kappa shape index (κ2) is 10.3.